The molecule has 0 nitrogen and oxygen atoms in total. The zero-order valence-corrected chi connectivity index (χ0v) is 8.05. The van der Waals surface area contributed by atoms with Gasteiger partial charge in [0.05, 0.1) is 0 Å². The molecule has 0 aliphatic heterocycles. The van der Waals surface area contributed by atoms with E-state index >= 15 is 0 Å². The van der Waals surface area contributed by atoms with Crippen molar-refractivity contribution in [2.45, 2.75) is 13.8 Å². The van der Waals surface area contributed by atoms with E-state index in [0.717, 1.165) is 0 Å². The number of rotatable bonds is 0. The molecule has 0 spiro atoms. The molecule has 1 aromatic rings. The van der Waals surface area contributed by atoms with Crippen LogP contribution in [0.4, 0.5) is 0 Å². The van der Waals surface area contributed by atoms with Crippen LogP contribution >= 0.6 is 24.0 Å². The van der Waals surface area contributed by atoms with Crippen LogP contribution in [0, 0.1) is 13.8 Å². The molecular formula is C8H11I. The lowest BCUT2D eigenvalue weighted by Crippen LogP contribution is -1.74. The van der Waals surface area contributed by atoms with Crippen molar-refractivity contribution in [2.75, 3.05) is 0 Å². The van der Waals surface area contributed by atoms with E-state index in [0.29, 0.717) is 0 Å². The number of aryl methyl sites for hydroxylation is 2. The molecule has 1 rings (SSSR count). The van der Waals surface area contributed by atoms with Gasteiger partial charge in [0.2, 0.25) is 0 Å². The predicted molar refractivity (Wildman–Crippen MR) is 51.3 cm³/mol. The van der Waals surface area contributed by atoms with Crippen molar-refractivity contribution in [1.82, 2.24) is 0 Å². The van der Waals surface area contributed by atoms with E-state index in [4.69, 9.17) is 0 Å². The summed E-state index contributed by atoms with van der Waals surface area (Å²) in [5, 5.41) is 0. The molecule has 0 atom stereocenters. The lowest BCUT2D eigenvalue weighted by molar-refractivity contribution is 1.34. The summed E-state index contributed by atoms with van der Waals surface area (Å²) in [6.07, 6.45) is 0. The monoisotopic (exact) mass is 234 g/mol. The van der Waals surface area contributed by atoms with Gasteiger partial charge >= 0.3 is 0 Å². The molecule has 50 valence electrons. The van der Waals surface area contributed by atoms with E-state index in [1.165, 1.54) is 11.1 Å². The molecule has 0 aromatic heterocycles. The average Bonchev–Trinajstić information content (AvgIpc) is 1.77. The summed E-state index contributed by atoms with van der Waals surface area (Å²) in [5.41, 5.74) is 2.74. The van der Waals surface area contributed by atoms with Gasteiger partial charge in [0.1, 0.15) is 0 Å². The summed E-state index contributed by atoms with van der Waals surface area (Å²) >= 11 is 0. The lowest BCUT2D eigenvalue weighted by Gasteiger charge is -1.93. The molecule has 1 heteroatoms. The van der Waals surface area contributed by atoms with Gasteiger partial charge in [-0.3, -0.25) is 0 Å². The van der Waals surface area contributed by atoms with E-state index < -0.39 is 0 Å². The quantitative estimate of drug-likeness (QED) is 0.605. The summed E-state index contributed by atoms with van der Waals surface area (Å²) < 4.78 is 0. The summed E-state index contributed by atoms with van der Waals surface area (Å²) in [4.78, 5) is 0. The minimum Gasteiger partial charge on any atom is -0.107 e. The van der Waals surface area contributed by atoms with Crippen molar-refractivity contribution < 1.29 is 0 Å². The van der Waals surface area contributed by atoms with Gasteiger partial charge in [-0.1, -0.05) is 24.3 Å². The number of halogens is 1. The fourth-order valence-corrected chi connectivity index (χ4v) is 0.663. The summed E-state index contributed by atoms with van der Waals surface area (Å²) in [7, 11) is 0. The van der Waals surface area contributed by atoms with Crippen molar-refractivity contribution in [3.8, 4) is 0 Å². The molecular weight excluding hydrogens is 223 g/mol. The maximum atomic E-state index is 2.12. The van der Waals surface area contributed by atoms with Crippen LogP contribution < -0.4 is 0 Å². The van der Waals surface area contributed by atoms with Gasteiger partial charge in [0, 0.05) is 0 Å². The van der Waals surface area contributed by atoms with Crippen molar-refractivity contribution in [3.05, 3.63) is 35.4 Å². The van der Waals surface area contributed by atoms with Gasteiger partial charge in [-0.2, -0.15) is 0 Å². The predicted octanol–water partition coefficient (Wildman–Crippen LogP) is 2.92. The second-order valence-electron chi connectivity index (χ2n) is 2.08. The second kappa shape index (κ2) is 3.88. The topological polar surface area (TPSA) is 0 Å². The van der Waals surface area contributed by atoms with E-state index in [1.54, 1.807) is 0 Å². The Balaban J connectivity index is 0.000000640. The third kappa shape index (κ3) is 2.35. The first kappa shape index (κ1) is 8.95. The second-order valence-corrected chi connectivity index (χ2v) is 2.08. The molecule has 0 saturated carbocycles. The van der Waals surface area contributed by atoms with Crippen LogP contribution in [0.25, 0.3) is 0 Å². The van der Waals surface area contributed by atoms with Gasteiger partial charge in [0.15, 0.2) is 0 Å². The highest BCUT2D eigenvalue weighted by Gasteiger charge is 1.83. The van der Waals surface area contributed by atoms with Crippen LogP contribution in [0.3, 0.4) is 0 Å². The molecule has 0 fully saturated rings. The summed E-state index contributed by atoms with van der Waals surface area (Å²) in [6, 6.07) is 8.36. The first-order valence-corrected chi connectivity index (χ1v) is 2.83. The molecule has 0 aliphatic rings. The fourth-order valence-electron chi connectivity index (χ4n) is 0.663. The van der Waals surface area contributed by atoms with E-state index in [2.05, 4.69) is 38.1 Å². The van der Waals surface area contributed by atoms with Gasteiger partial charge in [-0.15, -0.1) is 24.0 Å². The maximum Gasteiger partial charge on any atom is -0.0395 e. The third-order valence-corrected chi connectivity index (χ3v) is 1.43. The van der Waals surface area contributed by atoms with Crippen molar-refractivity contribution in [2.24, 2.45) is 0 Å². The van der Waals surface area contributed by atoms with Crippen LogP contribution in [0.5, 0.6) is 0 Å². The standard InChI is InChI=1S/C8H10.HI/c1-7-5-3-4-6-8(7)2;/h3-6H,1-2H3;1H. The molecule has 9 heavy (non-hydrogen) atoms. The molecule has 1 aromatic carbocycles. The van der Waals surface area contributed by atoms with Gasteiger partial charge in [-0.25, -0.2) is 0 Å². The Morgan fingerprint density at radius 3 is 1.44 bits per heavy atom. The highest BCUT2D eigenvalue weighted by atomic mass is 127. The minimum atomic E-state index is 0. The van der Waals surface area contributed by atoms with Crippen LogP contribution in [0.2, 0.25) is 0 Å². The molecule has 0 bridgehead atoms. The Morgan fingerprint density at radius 2 is 1.22 bits per heavy atom. The zero-order valence-electron chi connectivity index (χ0n) is 5.72. The number of hydrogen-bond donors (Lipinski definition) is 0. The van der Waals surface area contributed by atoms with Crippen LogP contribution in [0.1, 0.15) is 11.1 Å². The maximum absolute atomic E-state index is 2.12. The molecule has 0 unspecified atom stereocenters. The third-order valence-electron chi connectivity index (χ3n) is 1.43. The Labute approximate surface area is 73.3 Å². The van der Waals surface area contributed by atoms with Gasteiger partial charge in [0.25, 0.3) is 0 Å². The lowest BCUT2D eigenvalue weighted by atomic mass is 10.1. The van der Waals surface area contributed by atoms with E-state index in [1.807, 2.05) is 0 Å². The van der Waals surface area contributed by atoms with Crippen LogP contribution in [-0.2, 0) is 0 Å². The molecule has 0 amide bonds. The van der Waals surface area contributed by atoms with Crippen LogP contribution in [-0.4, -0.2) is 0 Å². The molecule has 0 N–H and O–H groups in total. The Morgan fingerprint density at radius 1 is 0.889 bits per heavy atom. The van der Waals surface area contributed by atoms with Gasteiger partial charge < -0.3 is 0 Å². The summed E-state index contributed by atoms with van der Waals surface area (Å²) in [5.74, 6) is 0. The molecule has 0 saturated heterocycles. The Hall–Kier alpha value is -0.0500. The van der Waals surface area contributed by atoms with Gasteiger partial charge in [-0.05, 0) is 25.0 Å². The Kier molecular flexibility index (Phi) is 3.86. The zero-order chi connectivity index (χ0) is 5.98. The van der Waals surface area contributed by atoms with Crippen molar-refractivity contribution in [1.29, 1.82) is 0 Å². The van der Waals surface area contributed by atoms with Crippen molar-refractivity contribution >= 4 is 24.0 Å². The molecule has 0 heterocycles. The molecule has 0 radical (unpaired) electrons. The van der Waals surface area contributed by atoms with E-state index in [-0.39, 0.29) is 24.0 Å². The number of benzene rings is 1. The first-order chi connectivity index (χ1) is 3.80. The normalized spacial score (nSPS) is 8.22. The van der Waals surface area contributed by atoms with Crippen molar-refractivity contribution in [3.63, 3.8) is 0 Å². The van der Waals surface area contributed by atoms with E-state index in [9.17, 15) is 0 Å². The first-order valence-electron chi connectivity index (χ1n) is 2.83. The fraction of sp³-hybridized carbons (Fsp3) is 0.250. The molecule has 0 aliphatic carbocycles. The minimum absolute atomic E-state index is 0. The highest BCUT2D eigenvalue weighted by Crippen LogP contribution is 2.02. The average molecular weight is 234 g/mol. The SMILES string of the molecule is Cc1ccccc1C.I. The highest BCUT2D eigenvalue weighted by molar-refractivity contribution is 14.0. The Bertz CT molecular complexity index is 161. The smallest absolute Gasteiger partial charge is 0.0395 e. The van der Waals surface area contributed by atoms with Crippen LogP contribution in [0.15, 0.2) is 24.3 Å². The largest absolute Gasteiger partial charge is 0.107 e. The number of hydrogen-bond acceptors (Lipinski definition) is 0. The summed E-state index contributed by atoms with van der Waals surface area (Å²) in [6.45, 7) is 4.24.